The Hall–Kier alpha value is -1.98. The van der Waals surface area contributed by atoms with Gasteiger partial charge in [0.05, 0.1) is 0 Å². The highest BCUT2D eigenvalue weighted by atomic mass is 31.2. The average molecular weight is 363 g/mol. The average Bonchev–Trinajstić information content (AvgIpc) is 2.58. The number of carbonyl (C=O) groups is 1. The highest BCUT2D eigenvalue weighted by Gasteiger charge is 2.29. The molecule has 0 bridgehead atoms. The third kappa shape index (κ3) is 5.80. The van der Waals surface area contributed by atoms with Crippen LogP contribution in [0.4, 0.5) is 0 Å². The summed E-state index contributed by atoms with van der Waals surface area (Å²) in [6.07, 6.45) is 0.387. The van der Waals surface area contributed by atoms with Crippen molar-refractivity contribution < 1.29 is 24.3 Å². The largest absolute Gasteiger partial charge is 0.481 e. The lowest BCUT2D eigenvalue weighted by Gasteiger charge is -2.28. The molecule has 0 unspecified atom stereocenters. The van der Waals surface area contributed by atoms with Crippen molar-refractivity contribution in [2.75, 3.05) is 7.05 Å². The van der Waals surface area contributed by atoms with E-state index in [2.05, 4.69) is 0 Å². The third-order valence-electron chi connectivity index (χ3n) is 4.16. The van der Waals surface area contributed by atoms with Crippen LogP contribution in [-0.2, 0) is 15.8 Å². The second-order valence-corrected chi connectivity index (χ2v) is 7.60. The molecule has 2 rings (SSSR count). The standard InChI is InChI=1S/C18H22NO5P/c1-19(25(22,23)24)17(11-12-18(20)21)13-14-7-9-16(10-8-14)15-5-3-2-4-6-15/h2-10,17H,11-13H2,1H3,(H,20,21)(H2,22,23,24)/t17-/m0/s1. The van der Waals surface area contributed by atoms with E-state index in [1.807, 2.05) is 54.6 Å². The molecule has 6 nitrogen and oxygen atoms in total. The van der Waals surface area contributed by atoms with E-state index in [0.717, 1.165) is 21.4 Å². The van der Waals surface area contributed by atoms with Gasteiger partial charge in [0.15, 0.2) is 0 Å². The zero-order valence-corrected chi connectivity index (χ0v) is 14.8. The molecule has 0 amide bonds. The topological polar surface area (TPSA) is 98.1 Å². The Balaban J connectivity index is 2.14. The van der Waals surface area contributed by atoms with Crippen LogP contribution < -0.4 is 0 Å². The van der Waals surface area contributed by atoms with Gasteiger partial charge >= 0.3 is 13.7 Å². The fourth-order valence-electron chi connectivity index (χ4n) is 2.66. The van der Waals surface area contributed by atoms with Crippen molar-refractivity contribution in [1.82, 2.24) is 4.67 Å². The lowest BCUT2D eigenvalue weighted by molar-refractivity contribution is -0.137. The first kappa shape index (κ1) is 19.3. The smallest absolute Gasteiger partial charge is 0.403 e. The highest BCUT2D eigenvalue weighted by Crippen LogP contribution is 2.41. The van der Waals surface area contributed by atoms with E-state index in [-0.39, 0.29) is 12.8 Å². The summed E-state index contributed by atoms with van der Waals surface area (Å²) in [6, 6.07) is 17.0. The molecule has 25 heavy (non-hydrogen) atoms. The van der Waals surface area contributed by atoms with E-state index in [1.165, 1.54) is 7.05 Å². The Morgan fingerprint density at radius 2 is 1.60 bits per heavy atom. The Morgan fingerprint density at radius 1 is 1.04 bits per heavy atom. The molecule has 1 atom stereocenters. The molecule has 7 heteroatoms. The lowest BCUT2D eigenvalue weighted by Crippen LogP contribution is -2.31. The minimum atomic E-state index is -4.43. The quantitative estimate of drug-likeness (QED) is 0.623. The van der Waals surface area contributed by atoms with E-state index >= 15 is 0 Å². The first-order chi connectivity index (χ1) is 11.8. The molecule has 3 N–H and O–H groups in total. The molecule has 0 saturated carbocycles. The summed E-state index contributed by atoms with van der Waals surface area (Å²) in [5.74, 6) is -0.983. The van der Waals surface area contributed by atoms with Crippen molar-refractivity contribution in [2.24, 2.45) is 0 Å². The molecule has 0 heterocycles. The van der Waals surface area contributed by atoms with E-state index in [9.17, 15) is 19.1 Å². The lowest BCUT2D eigenvalue weighted by atomic mass is 9.99. The van der Waals surface area contributed by atoms with Crippen LogP contribution in [0.5, 0.6) is 0 Å². The molecule has 0 aliphatic rings. The SMILES string of the molecule is CN([C@@H](CCC(=O)O)Cc1ccc(-c2ccccc2)cc1)P(=O)(O)O. The number of carboxylic acids is 1. The van der Waals surface area contributed by atoms with E-state index < -0.39 is 19.8 Å². The molecule has 0 aromatic heterocycles. The van der Waals surface area contributed by atoms with Gasteiger partial charge in [-0.25, -0.2) is 9.24 Å². The summed E-state index contributed by atoms with van der Waals surface area (Å²) < 4.78 is 12.5. The maximum atomic E-state index is 11.5. The molecular weight excluding hydrogens is 341 g/mol. The Bertz CT molecular complexity index is 742. The van der Waals surface area contributed by atoms with Crippen molar-refractivity contribution in [1.29, 1.82) is 0 Å². The zero-order valence-electron chi connectivity index (χ0n) is 13.9. The van der Waals surface area contributed by atoms with Crippen molar-refractivity contribution in [3.8, 4) is 11.1 Å². The van der Waals surface area contributed by atoms with Crippen LogP contribution in [0.1, 0.15) is 18.4 Å². The first-order valence-electron chi connectivity index (χ1n) is 7.92. The van der Waals surface area contributed by atoms with Gasteiger partial charge in [-0.05, 0) is 36.6 Å². The molecule has 0 aliphatic heterocycles. The van der Waals surface area contributed by atoms with E-state index in [4.69, 9.17) is 5.11 Å². The van der Waals surface area contributed by atoms with Crippen LogP contribution in [-0.4, -0.2) is 38.6 Å². The van der Waals surface area contributed by atoms with Crippen LogP contribution in [0, 0.1) is 0 Å². The second-order valence-electron chi connectivity index (χ2n) is 5.94. The predicted octanol–water partition coefficient (Wildman–Crippen LogP) is 3.15. The fraction of sp³-hybridized carbons (Fsp3) is 0.278. The number of aliphatic carboxylic acids is 1. The molecule has 0 spiro atoms. The van der Waals surface area contributed by atoms with Gasteiger partial charge in [0, 0.05) is 12.5 Å². The van der Waals surface area contributed by atoms with Gasteiger partial charge in [0.25, 0.3) is 0 Å². The van der Waals surface area contributed by atoms with Crippen molar-refractivity contribution in [2.45, 2.75) is 25.3 Å². The summed E-state index contributed by atoms with van der Waals surface area (Å²) in [5, 5.41) is 8.86. The van der Waals surface area contributed by atoms with Gasteiger partial charge in [-0.2, -0.15) is 0 Å². The second kappa shape index (κ2) is 8.41. The van der Waals surface area contributed by atoms with Crippen molar-refractivity contribution in [3.63, 3.8) is 0 Å². The molecule has 0 saturated heterocycles. The summed E-state index contributed by atoms with van der Waals surface area (Å²) in [7, 11) is -3.10. The molecule has 134 valence electrons. The molecule has 0 aliphatic carbocycles. The summed E-state index contributed by atoms with van der Waals surface area (Å²) >= 11 is 0. The molecule has 2 aromatic rings. The van der Waals surface area contributed by atoms with Crippen LogP contribution in [0.2, 0.25) is 0 Å². The Labute approximate surface area is 147 Å². The summed E-state index contributed by atoms with van der Waals surface area (Å²) in [6.45, 7) is 0. The minimum Gasteiger partial charge on any atom is -0.481 e. The number of carboxylic acid groups (broad SMARTS) is 1. The van der Waals surface area contributed by atoms with Crippen LogP contribution in [0.3, 0.4) is 0 Å². The fourth-order valence-corrected chi connectivity index (χ4v) is 3.28. The van der Waals surface area contributed by atoms with Gasteiger partial charge in [-0.3, -0.25) is 4.79 Å². The Morgan fingerprint density at radius 3 is 2.12 bits per heavy atom. The van der Waals surface area contributed by atoms with Gasteiger partial charge in [0.2, 0.25) is 0 Å². The number of likely N-dealkylation sites (N-methyl/N-ethyl adjacent to an activating group) is 1. The van der Waals surface area contributed by atoms with E-state index in [1.54, 1.807) is 0 Å². The summed E-state index contributed by atoms with van der Waals surface area (Å²) in [4.78, 5) is 29.6. The van der Waals surface area contributed by atoms with Gasteiger partial charge in [-0.15, -0.1) is 0 Å². The maximum absolute atomic E-state index is 11.5. The van der Waals surface area contributed by atoms with Crippen molar-refractivity contribution in [3.05, 3.63) is 60.2 Å². The third-order valence-corrected chi connectivity index (χ3v) is 5.31. The van der Waals surface area contributed by atoms with Crippen molar-refractivity contribution >= 4 is 13.7 Å². The number of hydrogen-bond acceptors (Lipinski definition) is 2. The monoisotopic (exact) mass is 363 g/mol. The van der Waals surface area contributed by atoms with Gasteiger partial charge < -0.3 is 14.9 Å². The number of nitrogens with zero attached hydrogens (tertiary/aromatic N) is 1. The maximum Gasteiger partial charge on any atom is 0.403 e. The molecule has 0 fully saturated rings. The number of benzene rings is 2. The molecular formula is C18H22NO5P. The molecule has 2 aromatic carbocycles. The predicted molar refractivity (Wildman–Crippen MR) is 96.0 cm³/mol. The zero-order chi connectivity index (χ0) is 18.4. The number of rotatable bonds is 8. The van der Waals surface area contributed by atoms with Gasteiger partial charge in [0.1, 0.15) is 0 Å². The van der Waals surface area contributed by atoms with Crippen LogP contribution >= 0.6 is 7.75 Å². The molecule has 0 radical (unpaired) electrons. The van der Waals surface area contributed by atoms with E-state index in [0.29, 0.717) is 6.42 Å². The minimum absolute atomic E-state index is 0.142. The Kier molecular flexibility index (Phi) is 6.51. The number of hydrogen-bond donors (Lipinski definition) is 3. The van der Waals surface area contributed by atoms with Crippen LogP contribution in [0.25, 0.3) is 11.1 Å². The van der Waals surface area contributed by atoms with Gasteiger partial charge in [-0.1, -0.05) is 54.6 Å². The first-order valence-corrected chi connectivity index (χ1v) is 9.49. The summed E-state index contributed by atoms with van der Waals surface area (Å²) in [5.41, 5.74) is 3.04. The normalized spacial score (nSPS) is 13.0. The highest BCUT2D eigenvalue weighted by molar-refractivity contribution is 7.49. The van der Waals surface area contributed by atoms with Crippen LogP contribution in [0.15, 0.2) is 54.6 Å².